The Hall–Kier alpha value is -10.3. The molecule has 0 unspecified atom stereocenters. The predicted octanol–water partition coefficient (Wildman–Crippen LogP) is 9.08. The summed E-state index contributed by atoms with van der Waals surface area (Å²) in [5.41, 5.74) is -1.79. The van der Waals surface area contributed by atoms with Crippen LogP contribution in [0.1, 0.15) is 208 Å². The average molecular weight is 2140 g/mol. The minimum atomic E-state index is -1.64. The fraction of sp³-hybridized carbons (Fsp3) is 0.642. The molecule has 148 heavy (non-hydrogen) atoms. The van der Waals surface area contributed by atoms with Crippen LogP contribution in [0.2, 0.25) is 10.0 Å². The molecule has 0 aromatic heterocycles. The first kappa shape index (κ1) is 115. The number of methoxy groups -OCH3 is 4. The Balaban J connectivity index is 0.000000247. The molecule has 2 saturated carbocycles. The van der Waals surface area contributed by atoms with E-state index in [1.165, 1.54) is 109 Å². The number of allylic oxidation sites excluding steroid dienone is 6. The van der Waals surface area contributed by atoms with Gasteiger partial charge in [0, 0.05) is 155 Å². The van der Waals surface area contributed by atoms with Gasteiger partial charge < -0.3 is 77.2 Å². The van der Waals surface area contributed by atoms with Crippen molar-refractivity contribution in [2.24, 2.45) is 35.5 Å². The SMILES string of the molecule is COc1cc2cc(c1Cl)N(C)C(=O)C[C@H](OC(=O)[C@H](C)N(C)C(=O)CCS[C@@H]1CC(=O)N(CC3CCC(C(=O)CN4C(=O)CCC4=O)CC3)C1=O)[C@]1(C)O[C@H]1[C@H](C)[C@@H]1C[C@@](O)(CC(=O)O1)[C@H](OC)/C=C/C=C(\C)C2.COc1cc2cc(c1Cl)N(C)C(=O)C[C@H](OC(=O)[C@H](C)N(C)C(=O)CCS[C@H]1CC(=O)N(CC3CCC(C(=O)CN4C(=O)CCC4=O)CC3)C1=O)[C@]1(C)O[C@H]1[C@H](C)[C@@H]1C[C@@](O)(CC(=O)O1)[C@H](OC)/C=C/C=C(\C)C2. The summed E-state index contributed by atoms with van der Waals surface area (Å²) in [7, 11) is 11.8. The first-order chi connectivity index (χ1) is 69.9. The van der Waals surface area contributed by atoms with Crippen molar-refractivity contribution in [3.63, 3.8) is 0 Å². The molecule has 2 N–H and O–H groups in total. The van der Waals surface area contributed by atoms with Gasteiger partial charge in [0.05, 0.1) is 87.1 Å². The predicted molar refractivity (Wildman–Crippen MR) is 541 cm³/mol. The van der Waals surface area contributed by atoms with Gasteiger partial charge in [0.1, 0.15) is 92.7 Å². The Kier molecular flexibility index (Phi) is 37.7. The van der Waals surface area contributed by atoms with E-state index in [1.54, 1.807) is 90.4 Å². The van der Waals surface area contributed by atoms with E-state index >= 15 is 0 Å². The van der Waals surface area contributed by atoms with Crippen molar-refractivity contribution in [1.29, 1.82) is 0 Å². The van der Waals surface area contributed by atoms with Gasteiger partial charge in [-0.05, 0) is 153 Å². The number of likely N-dealkylation sites (N-methyl/N-ethyl adjacent to an activating group) is 2. The van der Waals surface area contributed by atoms with Crippen LogP contribution < -0.4 is 19.3 Å². The Morgan fingerprint density at radius 1 is 0.493 bits per heavy atom. The number of carbonyl (C=O) groups excluding carboxylic acids is 18. The summed E-state index contributed by atoms with van der Waals surface area (Å²) in [4.78, 5) is 247. The first-order valence-electron chi connectivity index (χ1n) is 50.7. The number of hydrogen-bond acceptors (Lipinski definition) is 32. The van der Waals surface area contributed by atoms with E-state index in [-0.39, 0.29) is 220 Å². The highest BCUT2D eigenvalue weighted by Gasteiger charge is 2.67. The third kappa shape index (κ3) is 26.3. The average Bonchev–Trinajstić information content (AvgIpc) is 1.57. The quantitative estimate of drug-likeness (QED) is 0.0347. The number of rotatable bonds is 28. The molecule has 808 valence electrons. The van der Waals surface area contributed by atoms with Crippen molar-refractivity contribution >= 4 is 164 Å². The maximum Gasteiger partial charge on any atom is 0.328 e. The summed E-state index contributed by atoms with van der Waals surface area (Å²) in [6, 6.07) is 4.81. The molecule has 14 rings (SSSR count). The zero-order valence-corrected chi connectivity index (χ0v) is 90.0. The monoisotopic (exact) mass is 2140 g/mol. The van der Waals surface area contributed by atoms with Gasteiger partial charge in [-0.3, -0.25) is 96.3 Å². The van der Waals surface area contributed by atoms with Gasteiger partial charge in [-0.1, -0.05) is 84.7 Å². The molecule has 10 heterocycles. The number of aliphatic hydroxyl groups is 2. The molecule has 12 aliphatic rings. The number of amides is 12. The number of halogens is 2. The zero-order valence-electron chi connectivity index (χ0n) is 86.9. The number of nitrogens with zero attached hydrogens (tertiary/aromatic N) is 8. The van der Waals surface area contributed by atoms with Crippen molar-refractivity contribution in [3.05, 3.63) is 93.0 Å². The molecule has 38 nitrogen and oxygen atoms in total. The molecule has 12 amide bonds. The highest BCUT2D eigenvalue weighted by molar-refractivity contribution is 8.00. The van der Waals surface area contributed by atoms with Crippen molar-refractivity contribution in [2.45, 2.75) is 303 Å². The summed E-state index contributed by atoms with van der Waals surface area (Å²) >= 11 is 16.0. The maximum atomic E-state index is 14.4. The third-order valence-corrected chi connectivity index (χ3v) is 34.8. The largest absolute Gasteiger partial charge is 0.495 e. The van der Waals surface area contributed by atoms with Crippen LogP contribution in [-0.2, 0) is 137 Å². The molecule has 10 aliphatic heterocycles. The summed E-state index contributed by atoms with van der Waals surface area (Å²) in [5.74, 6) is -8.31. The number of benzene rings is 2. The number of imide groups is 4. The van der Waals surface area contributed by atoms with Gasteiger partial charge in [0.15, 0.2) is 11.6 Å². The summed E-state index contributed by atoms with van der Waals surface area (Å²) < 4.78 is 59.3. The molecule has 10 fully saturated rings. The lowest BCUT2D eigenvalue weighted by Gasteiger charge is -2.41. The van der Waals surface area contributed by atoms with Gasteiger partial charge in [0.25, 0.3) is 0 Å². The number of likely N-dealkylation sites (tertiary alicyclic amines) is 4. The van der Waals surface area contributed by atoms with E-state index in [9.17, 15) is 96.5 Å². The highest BCUT2D eigenvalue weighted by atomic mass is 35.5. The van der Waals surface area contributed by atoms with Crippen LogP contribution in [0, 0.1) is 35.5 Å². The van der Waals surface area contributed by atoms with Crippen LogP contribution >= 0.6 is 46.7 Å². The fourth-order valence-electron chi connectivity index (χ4n) is 21.8. The summed E-state index contributed by atoms with van der Waals surface area (Å²) in [6.45, 7) is 13.8. The molecule has 8 saturated heterocycles. The Bertz CT molecular complexity index is 5260. The van der Waals surface area contributed by atoms with Crippen LogP contribution in [0.25, 0.3) is 0 Å². The number of epoxide rings is 2. The number of ketones is 2. The number of carbonyl (C=O) groups is 18. The third-order valence-electron chi connectivity index (χ3n) is 31.7. The minimum absolute atomic E-state index is 0.00414. The Labute approximate surface area is 880 Å². The van der Waals surface area contributed by atoms with Gasteiger partial charge in [-0.15, -0.1) is 23.5 Å². The van der Waals surface area contributed by atoms with E-state index in [0.717, 1.165) is 32.1 Å². The number of Topliss-reactive ketones (excluding diaryl/α,β-unsaturated/α-hetero) is 2. The van der Waals surface area contributed by atoms with Gasteiger partial charge in [-0.2, -0.15) is 0 Å². The summed E-state index contributed by atoms with van der Waals surface area (Å²) in [5, 5.41) is 22.9. The minimum Gasteiger partial charge on any atom is -0.495 e. The Morgan fingerprint density at radius 2 is 0.838 bits per heavy atom. The second kappa shape index (κ2) is 48.6. The van der Waals surface area contributed by atoms with Crippen LogP contribution in [-0.4, -0.2) is 334 Å². The van der Waals surface area contributed by atoms with Crippen molar-refractivity contribution in [3.8, 4) is 11.5 Å². The normalized spacial score (nSPS) is 32.4. The Morgan fingerprint density at radius 3 is 1.17 bits per heavy atom. The van der Waals surface area contributed by atoms with E-state index in [1.807, 2.05) is 26.0 Å². The molecule has 2 aromatic carbocycles. The molecule has 0 radical (unpaired) electrons. The summed E-state index contributed by atoms with van der Waals surface area (Å²) in [6.07, 6.45) is 7.68. The smallest absolute Gasteiger partial charge is 0.328 e. The van der Waals surface area contributed by atoms with Gasteiger partial charge in [0.2, 0.25) is 70.9 Å². The molecule has 8 bridgehead atoms. The van der Waals surface area contributed by atoms with E-state index in [0.29, 0.717) is 87.1 Å². The standard InChI is InChI=1S/2C53H69ClN4O15S/c2*1-29-10-9-11-40(70-8)53(68)25-38(71-47(65)26-53)30(2)49-52(4,73-49)41(24-45(63)56(6)35-21-33(20-29)22-37(69-7)48(35)54)72-51(67)31(3)55(5)42(60)18-19-74-39-23-46(64)58(50(39)66)27-32-12-14-34(15-13-32)36(59)28-57-43(61)16-17-44(57)62/h2*9-11,21-22,30-32,34,38-41,49,68H,12-20,23-28H2,1-8H3/b2*11-9+,29-10+/t30-,31+,32?,34?,38+,39+,40-,41+,49+,52+,53-;30-,31+,32?,34?,38+,39-,40-,41+,49+,52+,53-/m11/s1. The van der Waals surface area contributed by atoms with E-state index in [2.05, 4.69) is 0 Å². The zero-order chi connectivity index (χ0) is 108. The van der Waals surface area contributed by atoms with Crippen LogP contribution in [0.5, 0.6) is 11.5 Å². The molecular weight excluding hydrogens is 2000 g/mol. The van der Waals surface area contributed by atoms with Crippen molar-refractivity contribution < 1.29 is 144 Å². The first-order valence-corrected chi connectivity index (χ1v) is 53.6. The molecule has 2 aliphatic carbocycles. The topological polar surface area (TPSA) is 473 Å². The molecular formula is C106H138Cl2N8O30S2. The second-order valence-electron chi connectivity index (χ2n) is 41.9. The lowest BCUT2D eigenvalue weighted by molar-refractivity contribution is -0.188. The van der Waals surface area contributed by atoms with Crippen LogP contribution in [0.15, 0.2) is 71.9 Å². The molecule has 0 spiro atoms. The van der Waals surface area contributed by atoms with E-state index in [4.69, 9.17) is 70.6 Å². The number of thioether (sulfide) groups is 2. The number of fused-ring (bicyclic) bond motifs is 10. The number of anilines is 2. The molecule has 18 atom stereocenters. The van der Waals surface area contributed by atoms with E-state index < -0.39 is 153 Å². The van der Waals surface area contributed by atoms with Crippen LogP contribution in [0.4, 0.5) is 11.4 Å². The lowest BCUT2D eigenvalue weighted by Crippen LogP contribution is -2.53. The number of esters is 4. The van der Waals surface area contributed by atoms with Crippen molar-refractivity contribution in [2.75, 3.05) is 104 Å². The van der Waals surface area contributed by atoms with Gasteiger partial charge >= 0.3 is 23.9 Å². The van der Waals surface area contributed by atoms with Crippen LogP contribution in [0.3, 0.4) is 0 Å². The fourth-order valence-corrected chi connectivity index (χ4v) is 24.7. The highest BCUT2D eigenvalue weighted by Crippen LogP contribution is 2.53. The second-order valence-corrected chi connectivity index (χ2v) is 45.2. The van der Waals surface area contributed by atoms with Crippen molar-refractivity contribution in [1.82, 2.24) is 29.4 Å². The molecule has 42 heteroatoms. The van der Waals surface area contributed by atoms with Gasteiger partial charge in [-0.25, -0.2) is 9.59 Å². The lowest BCUT2D eigenvalue weighted by atomic mass is 9.78. The number of ether oxygens (including phenoxy) is 10. The number of hydrogen-bond donors (Lipinski definition) is 2. The maximum absolute atomic E-state index is 14.4. The molecule has 2 aromatic rings.